The first-order chi connectivity index (χ1) is 12.0. The summed E-state index contributed by atoms with van der Waals surface area (Å²) in [5.74, 6) is 0.0982. The molecular weight excluding hydrogens is 355 g/mol. The van der Waals surface area contributed by atoms with Crippen molar-refractivity contribution in [1.29, 1.82) is 0 Å². The van der Waals surface area contributed by atoms with Crippen LogP contribution in [0.3, 0.4) is 0 Å². The van der Waals surface area contributed by atoms with Gasteiger partial charge in [-0.3, -0.25) is 4.79 Å². The Bertz CT molecular complexity index is 674. The molecule has 0 heterocycles. The molecule has 0 radical (unpaired) electrons. The third-order valence-corrected chi connectivity index (χ3v) is 3.83. The average molecular weight is 377 g/mol. The van der Waals surface area contributed by atoms with Crippen molar-refractivity contribution in [2.24, 2.45) is 0 Å². The van der Waals surface area contributed by atoms with Crippen LogP contribution in [-0.2, 0) is 22.4 Å². The van der Waals surface area contributed by atoms with Crippen molar-refractivity contribution in [1.82, 2.24) is 0 Å². The van der Waals surface area contributed by atoms with Crippen molar-refractivity contribution in [3.8, 4) is 0 Å². The van der Waals surface area contributed by atoms with Crippen LogP contribution in [0.1, 0.15) is 30.9 Å². The van der Waals surface area contributed by atoms with E-state index in [0.717, 1.165) is 41.2 Å². The van der Waals surface area contributed by atoms with Gasteiger partial charge < -0.3 is 4.79 Å². The zero-order valence-corrected chi connectivity index (χ0v) is 15.8. The van der Waals surface area contributed by atoms with Crippen LogP contribution in [0.4, 0.5) is 0 Å². The van der Waals surface area contributed by atoms with E-state index in [-0.39, 0.29) is 5.78 Å². The summed E-state index contributed by atoms with van der Waals surface area (Å²) in [5.41, 5.74) is 2.39. The fourth-order valence-electron chi connectivity index (χ4n) is 2.03. The monoisotopic (exact) mass is 376 g/mol. The van der Waals surface area contributed by atoms with Gasteiger partial charge >= 0.3 is 0 Å². The molecule has 0 aromatic heterocycles. The Morgan fingerprint density at radius 1 is 0.840 bits per heavy atom. The highest BCUT2D eigenvalue weighted by atomic mass is 35.5. The highest BCUT2D eigenvalue weighted by molar-refractivity contribution is 6.30. The molecule has 0 aliphatic heterocycles. The molecule has 0 fully saturated rings. The lowest BCUT2D eigenvalue weighted by atomic mass is 10.1. The largest absolute Gasteiger partial charge is 0.303 e. The first-order valence-electron chi connectivity index (χ1n) is 8.11. The van der Waals surface area contributed by atoms with Gasteiger partial charge in [0.25, 0.3) is 0 Å². The van der Waals surface area contributed by atoms with Crippen LogP contribution in [0.5, 0.6) is 0 Å². The molecule has 0 aliphatic carbocycles. The standard InChI is InChI=1S/C12H13ClO.C9H9ClO/c1-10(14)4-2-3-5-11-6-8-12(13)9-7-11;10-9-5-3-8(4-6-9)2-1-7-11/h2,4,6-9H,3,5H2,1H3;3-7H,1-2H2/b4-2+;. The maximum atomic E-state index is 10.6. The summed E-state index contributed by atoms with van der Waals surface area (Å²) in [7, 11) is 0. The second-order valence-corrected chi connectivity index (χ2v) is 6.38. The number of hydrogen-bond acceptors (Lipinski definition) is 2. The average Bonchev–Trinajstić information content (AvgIpc) is 2.60. The van der Waals surface area contributed by atoms with Crippen molar-refractivity contribution in [3.05, 3.63) is 81.9 Å². The van der Waals surface area contributed by atoms with E-state index in [1.807, 2.05) is 54.6 Å². The summed E-state index contributed by atoms with van der Waals surface area (Å²) in [4.78, 5) is 20.6. The fourth-order valence-corrected chi connectivity index (χ4v) is 2.28. The molecule has 0 saturated carbocycles. The molecule has 0 atom stereocenters. The molecule has 0 N–H and O–H groups in total. The number of hydrogen-bond donors (Lipinski definition) is 0. The summed E-state index contributed by atoms with van der Waals surface area (Å²) in [6.45, 7) is 1.55. The zero-order chi connectivity index (χ0) is 18.5. The van der Waals surface area contributed by atoms with Crippen molar-refractivity contribution in [3.63, 3.8) is 0 Å². The van der Waals surface area contributed by atoms with E-state index in [1.54, 1.807) is 13.0 Å². The van der Waals surface area contributed by atoms with Crippen LogP contribution >= 0.6 is 23.2 Å². The van der Waals surface area contributed by atoms with Crippen molar-refractivity contribution in [2.75, 3.05) is 0 Å². The van der Waals surface area contributed by atoms with Crippen LogP contribution in [-0.4, -0.2) is 12.1 Å². The number of carbonyl (C=O) groups excluding carboxylic acids is 2. The smallest absolute Gasteiger partial charge is 0.152 e. The third-order valence-electron chi connectivity index (χ3n) is 3.33. The molecule has 0 bridgehead atoms. The van der Waals surface area contributed by atoms with Crippen molar-refractivity contribution < 1.29 is 9.59 Å². The molecule has 25 heavy (non-hydrogen) atoms. The molecule has 0 aliphatic rings. The SMILES string of the molecule is CC(=O)/C=C/CCc1ccc(Cl)cc1.O=CCCc1ccc(Cl)cc1. The maximum Gasteiger partial charge on any atom is 0.152 e. The molecule has 0 amide bonds. The minimum Gasteiger partial charge on any atom is -0.303 e. The van der Waals surface area contributed by atoms with E-state index in [2.05, 4.69) is 0 Å². The van der Waals surface area contributed by atoms with Gasteiger partial charge in [0.2, 0.25) is 0 Å². The Morgan fingerprint density at radius 3 is 1.68 bits per heavy atom. The minimum atomic E-state index is 0.0982. The first kappa shape index (κ1) is 21.1. The Morgan fingerprint density at radius 2 is 1.28 bits per heavy atom. The number of aldehydes is 1. The van der Waals surface area contributed by atoms with Gasteiger partial charge in [0.15, 0.2) is 5.78 Å². The lowest BCUT2D eigenvalue weighted by molar-refractivity contribution is -0.112. The number of ketones is 1. The molecule has 132 valence electrons. The topological polar surface area (TPSA) is 34.1 Å². The number of rotatable bonds is 7. The highest BCUT2D eigenvalue weighted by Gasteiger charge is 1.92. The van der Waals surface area contributed by atoms with Gasteiger partial charge in [-0.05, 0) is 67.7 Å². The Kier molecular flexibility index (Phi) is 10.5. The van der Waals surface area contributed by atoms with Gasteiger partial charge in [-0.15, -0.1) is 0 Å². The Labute approximate surface area is 159 Å². The van der Waals surface area contributed by atoms with Crippen LogP contribution in [0, 0.1) is 0 Å². The highest BCUT2D eigenvalue weighted by Crippen LogP contribution is 2.11. The second kappa shape index (κ2) is 12.5. The Hall–Kier alpha value is -1.90. The predicted octanol–water partition coefficient (Wildman–Crippen LogP) is 5.89. The lowest BCUT2D eigenvalue weighted by Gasteiger charge is -1.97. The normalized spacial score (nSPS) is 10.2. The summed E-state index contributed by atoms with van der Waals surface area (Å²) < 4.78 is 0. The minimum absolute atomic E-state index is 0.0982. The van der Waals surface area contributed by atoms with Crippen molar-refractivity contribution >= 4 is 35.3 Å². The molecule has 0 saturated heterocycles. The van der Waals surface area contributed by atoms with Crippen molar-refractivity contribution in [2.45, 2.75) is 32.6 Å². The van der Waals surface area contributed by atoms with Crippen LogP contribution < -0.4 is 0 Å². The second-order valence-electron chi connectivity index (χ2n) is 5.51. The van der Waals surface area contributed by atoms with Gasteiger partial charge in [-0.25, -0.2) is 0 Å². The van der Waals surface area contributed by atoms with Gasteiger partial charge in [0, 0.05) is 16.5 Å². The van der Waals surface area contributed by atoms with Crippen LogP contribution in [0.15, 0.2) is 60.7 Å². The maximum absolute atomic E-state index is 10.6. The van der Waals surface area contributed by atoms with Crippen LogP contribution in [0.2, 0.25) is 10.0 Å². The molecule has 4 heteroatoms. The van der Waals surface area contributed by atoms with E-state index >= 15 is 0 Å². The lowest BCUT2D eigenvalue weighted by Crippen LogP contribution is -1.84. The third kappa shape index (κ3) is 10.5. The molecular formula is C21H22Cl2O2. The van der Waals surface area contributed by atoms with Gasteiger partial charge in [-0.2, -0.15) is 0 Å². The van der Waals surface area contributed by atoms with E-state index < -0.39 is 0 Å². The summed E-state index contributed by atoms with van der Waals surface area (Å²) in [6.07, 6.45) is 7.66. The van der Waals surface area contributed by atoms with E-state index in [0.29, 0.717) is 6.42 Å². The van der Waals surface area contributed by atoms with Gasteiger partial charge in [-0.1, -0.05) is 53.5 Å². The van der Waals surface area contributed by atoms with Crippen LogP contribution in [0.25, 0.3) is 0 Å². The quantitative estimate of drug-likeness (QED) is 0.445. The molecule has 2 aromatic carbocycles. The number of aryl methyl sites for hydroxylation is 2. The molecule has 2 aromatic rings. The zero-order valence-electron chi connectivity index (χ0n) is 14.3. The van der Waals surface area contributed by atoms with Gasteiger partial charge in [0.1, 0.15) is 6.29 Å². The van der Waals surface area contributed by atoms with Gasteiger partial charge in [0.05, 0.1) is 0 Å². The molecule has 2 rings (SSSR count). The summed E-state index contributed by atoms with van der Waals surface area (Å²) in [5, 5.41) is 1.49. The van der Waals surface area contributed by atoms with E-state index in [4.69, 9.17) is 23.2 Å². The number of carbonyl (C=O) groups is 2. The summed E-state index contributed by atoms with van der Waals surface area (Å²) >= 11 is 11.4. The molecule has 0 spiro atoms. The number of benzene rings is 2. The first-order valence-corrected chi connectivity index (χ1v) is 8.86. The molecule has 0 unspecified atom stereocenters. The summed E-state index contributed by atoms with van der Waals surface area (Å²) in [6, 6.07) is 15.3. The fraction of sp³-hybridized carbons (Fsp3) is 0.238. The van der Waals surface area contributed by atoms with E-state index in [1.165, 1.54) is 5.56 Å². The number of halogens is 2. The molecule has 2 nitrogen and oxygen atoms in total. The predicted molar refractivity (Wildman–Crippen MR) is 105 cm³/mol. The Balaban J connectivity index is 0.000000257. The van der Waals surface area contributed by atoms with E-state index in [9.17, 15) is 9.59 Å². The number of allylic oxidation sites excluding steroid dienone is 2.